The Hall–Kier alpha value is -8.55. The molecule has 2 aromatic heterocycles. The molecule has 5 nitrogen and oxygen atoms in total. The van der Waals surface area contributed by atoms with Gasteiger partial charge in [-0.15, -0.1) is 0 Å². The van der Waals surface area contributed by atoms with Gasteiger partial charge in [0, 0.05) is 38.5 Å². The highest BCUT2D eigenvalue weighted by Gasteiger charge is 2.41. The van der Waals surface area contributed by atoms with Crippen molar-refractivity contribution >= 4 is 78.3 Å². The first-order chi connectivity index (χ1) is 34.1. The van der Waals surface area contributed by atoms with Crippen molar-refractivity contribution < 1.29 is 0 Å². The maximum Gasteiger partial charge on any atom is 0.179 e. The summed E-state index contributed by atoms with van der Waals surface area (Å²) in [5, 5.41) is 10.1. The summed E-state index contributed by atoms with van der Waals surface area (Å²) in [6.45, 7) is 0. The van der Waals surface area contributed by atoms with Gasteiger partial charge >= 0.3 is 0 Å². The molecule has 2 atom stereocenters. The van der Waals surface area contributed by atoms with E-state index in [-0.39, 0.29) is 6.04 Å². The Bertz CT molecular complexity index is 3710. The number of nitrogens with two attached hydrogens (primary N) is 2. The fourth-order valence-corrected chi connectivity index (χ4v) is 15.6. The Morgan fingerprint density at radius 3 is 1.30 bits per heavy atom. The maximum absolute atomic E-state index is 7.04. The van der Waals surface area contributed by atoms with E-state index < -0.39 is 14.1 Å². The molecule has 69 heavy (non-hydrogen) atoms. The van der Waals surface area contributed by atoms with Crippen molar-refractivity contribution in [2.24, 2.45) is 16.5 Å². The first kappa shape index (κ1) is 41.8. The number of hydrogen-bond acceptors (Lipinski definition) is 2. The van der Waals surface area contributed by atoms with E-state index >= 15 is 0 Å². The van der Waals surface area contributed by atoms with Crippen molar-refractivity contribution in [1.82, 2.24) is 9.13 Å². The van der Waals surface area contributed by atoms with E-state index in [1.807, 2.05) is 42.5 Å². The van der Waals surface area contributed by atoms with Gasteiger partial charge in [0.25, 0.3) is 0 Å². The van der Waals surface area contributed by atoms with Gasteiger partial charge in [0.05, 0.1) is 34.2 Å². The second-order valence-corrected chi connectivity index (χ2v) is 21.7. The van der Waals surface area contributed by atoms with Crippen LogP contribution < -0.4 is 32.2 Å². The third-order valence-corrected chi connectivity index (χ3v) is 18.7. The van der Waals surface area contributed by atoms with Crippen LogP contribution in [0, 0.1) is 0 Å². The fourth-order valence-electron chi connectivity index (χ4n) is 10.8. The zero-order valence-corrected chi connectivity index (χ0v) is 39.0. The predicted molar refractivity (Wildman–Crippen MR) is 292 cm³/mol. The molecule has 1 unspecified atom stereocenters. The van der Waals surface area contributed by atoms with Crippen LogP contribution in [0.15, 0.2) is 266 Å². The van der Waals surface area contributed by atoms with Crippen molar-refractivity contribution in [2.45, 2.75) is 12.1 Å². The molecule has 12 aromatic rings. The van der Waals surface area contributed by atoms with Crippen molar-refractivity contribution in [3.63, 3.8) is 0 Å². The summed E-state index contributed by atoms with van der Waals surface area (Å²) in [5.41, 5.74) is 23.5. The van der Waals surface area contributed by atoms with Gasteiger partial charge in [-0.05, 0) is 80.4 Å². The Kier molecular flexibility index (Phi) is 10.7. The Labute approximate surface area is 402 Å². The number of amidine groups is 1. The Morgan fingerprint density at radius 1 is 0.362 bits per heavy atom. The molecular weight excluding hydrogens is 855 g/mol. The maximum atomic E-state index is 7.04. The quantitative estimate of drug-likeness (QED) is 0.0587. The molecule has 10 aromatic carbocycles. The van der Waals surface area contributed by atoms with Gasteiger partial charge in [0.2, 0.25) is 0 Å². The Balaban J connectivity index is 1.06. The van der Waals surface area contributed by atoms with Crippen molar-refractivity contribution in [3.05, 3.63) is 278 Å². The molecule has 0 aliphatic rings. The zero-order chi connectivity index (χ0) is 46.3. The number of nitrogens with zero attached hydrogens (tertiary/aromatic N) is 3. The second kappa shape index (κ2) is 17.6. The molecule has 0 fully saturated rings. The van der Waals surface area contributed by atoms with Gasteiger partial charge in [0.15, 0.2) is 8.07 Å². The third kappa shape index (κ3) is 7.17. The number of benzene rings is 10. The van der Waals surface area contributed by atoms with Crippen LogP contribution in [0.2, 0.25) is 0 Å². The zero-order valence-electron chi connectivity index (χ0n) is 38.0. The van der Waals surface area contributed by atoms with Gasteiger partial charge in [-0.3, -0.25) is 4.99 Å². The third-order valence-electron chi connectivity index (χ3n) is 14.0. The monoisotopic (exact) mass is 903 g/mol. The first-order valence-corrected chi connectivity index (χ1v) is 25.6. The van der Waals surface area contributed by atoms with Gasteiger partial charge in [0.1, 0.15) is 5.84 Å². The highest BCUT2D eigenvalue weighted by molar-refractivity contribution is 7.19. The summed E-state index contributed by atoms with van der Waals surface area (Å²) < 4.78 is 4.85. The lowest BCUT2D eigenvalue weighted by atomic mass is 9.94. The molecule has 2 heterocycles. The minimum Gasteiger partial charge on any atom is -0.383 e. The molecule has 0 saturated heterocycles. The largest absolute Gasteiger partial charge is 0.383 e. The number of para-hydroxylation sites is 2. The number of hydrogen-bond donors (Lipinski definition) is 2. The molecule has 0 amide bonds. The van der Waals surface area contributed by atoms with Crippen molar-refractivity contribution in [1.29, 1.82) is 0 Å². The van der Waals surface area contributed by atoms with E-state index in [2.05, 4.69) is 228 Å². The minimum absolute atomic E-state index is 0.389. The topological polar surface area (TPSA) is 74.3 Å². The highest BCUT2D eigenvalue weighted by atomic mass is 28.3. The van der Waals surface area contributed by atoms with Crippen LogP contribution in [0.5, 0.6) is 0 Å². The smallest absolute Gasteiger partial charge is 0.179 e. The number of fused-ring (bicyclic) bond motifs is 6. The van der Waals surface area contributed by atoms with Crippen LogP contribution >= 0.6 is 0 Å². The second-order valence-electron chi connectivity index (χ2n) is 17.8. The summed E-state index contributed by atoms with van der Waals surface area (Å²) in [4.78, 5) is 5.19. The lowest BCUT2D eigenvalue weighted by molar-refractivity contribution is 0.576. The highest BCUT2D eigenvalue weighted by Crippen LogP contribution is 2.40. The van der Waals surface area contributed by atoms with E-state index in [1.165, 1.54) is 42.3 Å². The molecule has 6 heteroatoms. The minimum atomic E-state index is -2.81. The van der Waals surface area contributed by atoms with Crippen LogP contribution in [0.25, 0.3) is 55.0 Å². The van der Waals surface area contributed by atoms with Crippen LogP contribution in [-0.2, 0) is 0 Å². The molecule has 0 spiro atoms. The lowest BCUT2D eigenvalue weighted by Crippen LogP contribution is -2.74. The van der Waals surface area contributed by atoms with Gasteiger partial charge < -0.3 is 20.6 Å². The van der Waals surface area contributed by atoms with E-state index in [1.54, 1.807) is 0 Å². The number of aromatic nitrogens is 2. The molecule has 0 radical (unpaired) electrons. The van der Waals surface area contributed by atoms with E-state index in [0.717, 1.165) is 50.1 Å². The Morgan fingerprint density at radius 2 is 0.783 bits per heavy atom. The number of aliphatic imine (C=N–C) groups is 1. The number of rotatable bonds is 11. The van der Waals surface area contributed by atoms with E-state index in [0.29, 0.717) is 5.84 Å². The van der Waals surface area contributed by atoms with Crippen LogP contribution in [0.3, 0.4) is 0 Å². The molecule has 0 aliphatic carbocycles. The molecular formula is C63H49N5Si. The van der Waals surface area contributed by atoms with Gasteiger partial charge in [-0.2, -0.15) is 0 Å². The van der Waals surface area contributed by atoms with E-state index in [9.17, 15) is 0 Å². The summed E-state index contributed by atoms with van der Waals surface area (Å²) in [6.07, 6.45) is 0. The SMILES string of the molecule is N/C(=N\C(c1ccccc1)[C@H](N)c1ccccc1)c1cccc(-n2c3ccccc3c3cc4c5ccccc5n(-c5cccc([Si](c6ccccc6)(c6ccccc6)c6ccccc6)c5)c4cc32)c1. The molecule has 4 N–H and O–H groups in total. The average Bonchev–Trinajstić information content (AvgIpc) is 3.93. The average molecular weight is 904 g/mol. The summed E-state index contributed by atoms with van der Waals surface area (Å²) in [7, 11) is -2.81. The van der Waals surface area contributed by atoms with Crippen LogP contribution in [-0.4, -0.2) is 23.0 Å². The molecule has 330 valence electrons. The van der Waals surface area contributed by atoms with Crippen LogP contribution in [0.4, 0.5) is 0 Å². The molecule has 0 aliphatic heterocycles. The van der Waals surface area contributed by atoms with Crippen LogP contribution in [0.1, 0.15) is 28.8 Å². The molecule has 0 bridgehead atoms. The lowest BCUT2D eigenvalue weighted by Gasteiger charge is -2.34. The van der Waals surface area contributed by atoms with E-state index in [4.69, 9.17) is 16.5 Å². The molecule has 12 rings (SSSR count). The first-order valence-electron chi connectivity index (χ1n) is 23.6. The summed E-state index contributed by atoms with van der Waals surface area (Å²) >= 11 is 0. The predicted octanol–water partition coefficient (Wildman–Crippen LogP) is 11.4. The summed E-state index contributed by atoms with van der Waals surface area (Å²) in [6, 6.07) is 93.1. The molecule has 0 saturated carbocycles. The fraction of sp³-hybridized carbons (Fsp3) is 0.0317. The normalized spacial score (nSPS) is 13.0. The summed E-state index contributed by atoms with van der Waals surface area (Å²) in [5.74, 6) is 0.432. The standard InChI is InChI=1S/C63H49N5Si/c64-61(44-22-6-1-7-23-44)62(45-24-8-2-9-25-45)66-63(65)46-26-20-27-47(40-46)67-57-38-18-16-36-53(57)55-42-56-54-37-17-19-39-58(54)68(60(56)43-59(55)67)48-28-21-35-52(41-48)69(49-29-10-3-11-30-49,50-31-12-4-13-32-50)51-33-14-5-15-34-51/h1-43,61-62H,64H2,(H2,65,66)/t61-,62?/m1/s1. The van der Waals surface area contributed by atoms with Crippen molar-refractivity contribution in [3.8, 4) is 11.4 Å². The van der Waals surface area contributed by atoms with Gasteiger partial charge in [-0.1, -0.05) is 212 Å². The van der Waals surface area contributed by atoms with Gasteiger partial charge in [-0.25, -0.2) is 0 Å². The van der Waals surface area contributed by atoms with Crippen molar-refractivity contribution in [2.75, 3.05) is 0 Å².